The Kier molecular flexibility index (Phi) is 2.19. The topological polar surface area (TPSA) is 77.8 Å². The molecule has 0 aromatic carbocycles. The highest BCUT2D eigenvalue weighted by Crippen LogP contribution is 2.66. The van der Waals surface area contributed by atoms with Gasteiger partial charge in [0.25, 0.3) is 0 Å². The number of aliphatic hydroxyl groups excluding tert-OH is 2. The number of carbonyl (C=O) groups is 1. The highest BCUT2D eigenvalue weighted by atomic mass is 16.3. The molecule has 0 unspecified atom stereocenters. The van der Waals surface area contributed by atoms with Crippen LogP contribution in [0.2, 0.25) is 0 Å². The van der Waals surface area contributed by atoms with E-state index in [-0.39, 0.29) is 5.57 Å². The second-order valence-corrected chi connectivity index (χ2v) is 6.92. The van der Waals surface area contributed by atoms with E-state index >= 15 is 0 Å². The Bertz CT molecular complexity index is 500. The van der Waals surface area contributed by atoms with Crippen molar-refractivity contribution >= 4 is 5.78 Å². The number of ketones is 1. The van der Waals surface area contributed by atoms with Crippen molar-refractivity contribution in [1.82, 2.24) is 0 Å². The summed E-state index contributed by atoms with van der Waals surface area (Å²) < 4.78 is 0. The zero-order valence-electron chi connectivity index (χ0n) is 11.5. The molecule has 4 nitrogen and oxygen atoms in total. The summed E-state index contributed by atoms with van der Waals surface area (Å²) in [5.41, 5.74) is -1.74. The SMILES string of the molecule is C=C1C2=C(C(=O)[C@](C)(O)C13CC3)[C@@H](O)C(C)(C)[C@H]2O. The number of hydrogen-bond donors (Lipinski definition) is 3. The van der Waals surface area contributed by atoms with E-state index in [0.717, 1.165) is 0 Å². The maximum Gasteiger partial charge on any atom is 0.193 e. The van der Waals surface area contributed by atoms with Gasteiger partial charge in [-0.2, -0.15) is 0 Å². The molecule has 0 heterocycles. The molecule has 0 radical (unpaired) electrons. The lowest BCUT2D eigenvalue weighted by atomic mass is 9.67. The fourth-order valence-corrected chi connectivity index (χ4v) is 3.71. The van der Waals surface area contributed by atoms with Crippen LogP contribution in [0, 0.1) is 10.8 Å². The van der Waals surface area contributed by atoms with E-state index in [1.807, 2.05) is 0 Å². The van der Waals surface area contributed by atoms with Gasteiger partial charge in [0.1, 0.15) is 5.60 Å². The Morgan fingerprint density at radius 3 is 2.05 bits per heavy atom. The van der Waals surface area contributed by atoms with Gasteiger partial charge in [-0.05, 0) is 30.9 Å². The number of carbonyl (C=O) groups excluding carboxylic acids is 1. The lowest BCUT2D eigenvalue weighted by Crippen LogP contribution is -2.50. The summed E-state index contributed by atoms with van der Waals surface area (Å²) in [7, 11) is 0. The Morgan fingerprint density at radius 2 is 1.58 bits per heavy atom. The van der Waals surface area contributed by atoms with Crippen molar-refractivity contribution in [2.45, 2.75) is 51.4 Å². The molecule has 1 spiro atoms. The first kappa shape index (κ1) is 13.0. The molecule has 0 aliphatic heterocycles. The van der Waals surface area contributed by atoms with Gasteiger partial charge >= 0.3 is 0 Å². The van der Waals surface area contributed by atoms with Crippen molar-refractivity contribution < 1.29 is 20.1 Å². The van der Waals surface area contributed by atoms with Gasteiger partial charge in [-0.3, -0.25) is 4.79 Å². The summed E-state index contributed by atoms with van der Waals surface area (Å²) >= 11 is 0. The van der Waals surface area contributed by atoms with E-state index in [2.05, 4.69) is 6.58 Å². The lowest BCUT2D eigenvalue weighted by molar-refractivity contribution is -0.139. The van der Waals surface area contributed by atoms with Gasteiger partial charge < -0.3 is 15.3 Å². The van der Waals surface area contributed by atoms with Gasteiger partial charge in [-0.1, -0.05) is 20.4 Å². The van der Waals surface area contributed by atoms with E-state index in [9.17, 15) is 20.1 Å². The van der Waals surface area contributed by atoms with Crippen LogP contribution in [0.15, 0.2) is 23.3 Å². The lowest BCUT2D eigenvalue weighted by Gasteiger charge is -2.39. The van der Waals surface area contributed by atoms with Crippen LogP contribution >= 0.6 is 0 Å². The van der Waals surface area contributed by atoms with E-state index in [0.29, 0.717) is 24.0 Å². The number of rotatable bonds is 0. The molecule has 104 valence electrons. The molecular weight excluding hydrogens is 244 g/mol. The third-order valence-electron chi connectivity index (χ3n) is 5.52. The molecule has 0 aromatic heterocycles. The molecular formula is C15H20O4. The van der Waals surface area contributed by atoms with Crippen molar-refractivity contribution in [1.29, 1.82) is 0 Å². The first-order chi connectivity index (χ1) is 8.59. The van der Waals surface area contributed by atoms with Crippen molar-refractivity contribution in [3.05, 3.63) is 23.3 Å². The molecule has 3 aliphatic rings. The highest BCUT2D eigenvalue weighted by molar-refractivity contribution is 6.07. The van der Waals surface area contributed by atoms with Crippen LogP contribution in [-0.2, 0) is 4.79 Å². The minimum Gasteiger partial charge on any atom is -0.388 e. The van der Waals surface area contributed by atoms with E-state index < -0.39 is 34.4 Å². The average molecular weight is 264 g/mol. The first-order valence-electron chi connectivity index (χ1n) is 6.66. The number of hydrogen-bond acceptors (Lipinski definition) is 4. The molecule has 3 aliphatic carbocycles. The zero-order chi connectivity index (χ0) is 14.4. The standard InChI is InChI=1S/C15H20O4/c1-7-8-9(11(17)13(2,3)10(8)16)12(18)14(4,19)15(7)5-6-15/h10-11,16-17,19H,1,5-6H2,2-4H3/t10-,11+,14-/m0/s1. The van der Waals surface area contributed by atoms with Gasteiger partial charge in [0, 0.05) is 16.4 Å². The third kappa shape index (κ3) is 1.18. The molecule has 4 heteroatoms. The summed E-state index contributed by atoms with van der Waals surface area (Å²) in [4.78, 5) is 12.6. The maximum atomic E-state index is 12.6. The van der Waals surface area contributed by atoms with Crippen molar-refractivity contribution in [3.63, 3.8) is 0 Å². The van der Waals surface area contributed by atoms with E-state index in [1.165, 1.54) is 6.92 Å². The first-order valence-corrected chi connectivity index (χ1v) is 6.66. The normalized spacial score (nSPS) is 42.8. The fraction of sp³-hybridized carbons (Fsp3) is 0.667. The van der Waals surface area contributed by atoms with Crippen LogP contribution in [0.25, 0.3) is 0 Å². The van der Waals surface area contributed by atoms with Crippen LogP contribution in [0.3, 0.4) is 0 Å². The molecule has 0 amide bonds. The summed E-state index contributed by atoms with van der Waals surface area (Å²) in [5.74, 6) is -0.454. The molecule has 1 fully saturated rings. The van der Waals surface area contributed by atoms with Gasteiger partial charge in [-0.25, -0.2) is 0 Å². The summed E-state index contributed by atoms with van der Waals surface area (Å²) in [6.07, 6.45) is -0.582. The largest absolute Gasteiger partial charge is 0.388 e. The zero-order valence-corrected chi connectivity index (χ0v) is 11.5. The predicted octanol–water partition coefficient (Wildman–Crippen LogP) is 0.715. The monoisotopic (exact) mass is 264 g/mol. The summed E-state index contributed by atoms with van der Waals surface area (Å²) in [5, 5.41) is 31.4. The molecule has 19 heavy (non-hydrogen) atoms. The Labute approximate surface area is 112 Å². The van der Waals surface area contributed by atoms with Crippen LogP contribution in [-0.4, -0.2) is 38.9 Å². The maximum absolute atomic E-state index is 12.6. The van der Waals surface area contributed by atoms with Crippen LogP contribution in [0.4, 0.5) is 0 Å². The molecule has 3 N–H and O–H groups in total. The molecule has 0 aromatic rings. The van der Waals surface area contributed by atoms with Crippen LogP contribution in [0.1, 0.15) is 33.6 Å². The smallest absolute Gasteiger partial charge is 0.193 e. The second-order valence-electron chi connectivity index (χ2n) is 6.92. The van der Waals surface area contributed by atoms with Crippen molar-refractivity contribution in [2.24, 2.45) is 10.8 Å². The quantitative estimate of drug-likeness (QED) is 0.602. The van der Waals surface area contributed by atoms with E-state index in [1.54, 1.807) is 13.8 Å². The predicted molar refractivity (Wildman–Crippen MR) is 69.3 cm³/mol. The molecule has 3 atom stereocenters. The van der Waals surface area contributed by atoms with E-state index in [4.69, 9.17) is 0 Å². The molecule has 0 saturated heterocycles. The van der Waals surface area contributed by atoms with Gasteiger partial charge in [-0.15, -0.1) is 0 Å². The van der Waals surface area contributed by atoms with Crippen LogP contribution in [0.5, 0.6) is 0 Å². The van der Waals surface area contributed by atoms with Crippen LogP contribution < -0.4 is 0 Å². The highest BCUT2D eigenvalue weighted by Gasteiger charge is 2.69. The number of aliphatic hydroxyl groups is 3. The van der Waals surface area contributed by atoms with Gasteiger partial charge in [0.2, 0.25) is 0 Å². The second kappa shape index (κ2) is 3.19. The molecule has 3 rings (SSSR count). The van der Waals surface area contributed by atoms with Gasteiger partial charge in [0.05, 0.1) is 12.2 Å². The third-order valence-corrected chi connectivity index (χ3v) is 5.52. The number of Topliss-reactive ketones (excluding diaryl/α,β-unsaturated/α-hetero) is 1. The Hall–Kier alpha value is -0.970. The molecule has 1 saturated carbocycles. The fourth-order valence-electron chi connectivity index (χ4n) is 3.71. The summed E-state index contributed by atoms with van der Waals surface area (Å²) in [6, 6.07) is 0. The van der Waals surface area contributed by atoms with Crippen molar-refractivity contribution in [2.75, 3.05) is 0 Å². The minimum atomic E-state index is -1.52. The Balaban J connectivity index is 2.23. The summed E-state index contributed by atoms with van der Waals surface area (Å²) in [6.45, 7) is 8.95. The van der Waals surface area contributed by atoms with Gasteiger partial charge in [0.15, 0.2) is 5.78 Å². The van der Waals surface area contributed by atoms with Crippen molar-refractivity contribution in [3.8, 4) is 0 Å². The average Bonchev–Trinajstić information content (AvgIpc) is 3.09. The Morgan fingerprint density at radius 1 is 1.11 bits per heavy atom. The molecule has 0 bridgehead atoms. The minimum absolute atomic E-state index is 0.157.